The molecule has 11 heteroatoms. The van der Waals surface area contributed by atoms with Gasteiger partial charge in [0.05, 0.1) is 41.8 Å². The maximum atomic E-state index is 9.76. The number of hydrogen-bond acceptors (Lipinski definition) is 9. The summed E-state index contributed by atoms with van der Waals surface area (Å²) >= 11 is 6.60. The van der Waals surface area contributed by atoms with Crippen LogP contribution in [0.15, 0.2) is 18.3 Å². The molecule has 1 aliphatic heterocycles. The zero-order valence-electron chi connectivity index (χ0n) is 19.3. The number of aryl methyl sites for hydroxylation is 1. The molecule has 2 aliphatic rings. The molecule has 10 nitrogen and oxygen atoms in total. The zero-order chi connectivity index (χ0) is 24.2. The lowest BCUT2D eigenvalue weighted by Gasteiger charge is -2.26. The lowest BCUT2D eigenvalue weighted by atomic mass is 10.0. The molecule has 0 atom stereocenters. The Bertz CT molecular complexity index is 1300. The van der Waals surface area contributed by atoms with Gasteiger partial charge in [0.2, 0.25) is 5.95 Å². The number of unbranched alkanes of at least 4 members (excludes halogenated alkanes) is 1. The molecule has 3 aromatic rings. The summed E-state index contributed by atoms with van der Waals surface area (Å²) < 4.78 is 6.86. The van der Waals surface area contributed by atoms with Gasteiger partial charge in [0.1, 0.15) is 6.07 Å². The first kappa shape index (κ1) is 23.3. The molecule has 0 unspecified atom stereocenters. The predicted octanol–water partition coefficient (Wildman–Crippen LogP) is 3.49. The number of imidazole rings is 1. The molecule has 2 fully saturated rings. The summed E-state index contributed by atoms with van der Waals surface area (Å²) in [6, 6.07) is 8.32. The summed E-state index contributed by atoms with van der Waals surface area (Å²) in [5.74, 6) is 0.819. The van der Waals surface area contributed by atoms with Crippen LogP contribution in [0, 0.1) is 22.7 Å². The van der Waals surface area contributed by atoms with E-state index < -0.39 is 0 Å². The maximum absolute atomic E-state index is 9.76. The molecule has 1 aromatic carbocycles. The monoisotopic (exact) mass is 491 g/mol. The fourth-order valence-corrected chi connectivity index (χ4v) is 4.38. The molecule has 0 spiro atoms. The Labute approximate surface area is 208 Å². The summed E-state index contributed by atoms with van der Waals surface area (Å²) in [5.41, 5.74) is 2.84. The van der Waals surface area contributed by atoms with Gasteiger partial charge in [-0.1, -0.05) is 11.6 Å². The number of fused-ring (bicyclic) bond motifs is 1. The van der Waals surface area contributed by atoms with Crippen molar-refractivity contribution in [2.45, 2.75) is 38.1 Å². The molecule has 0 radical (unpaired) electrons. The molecular weight excluding hydrogens is 466 g/mol. The Morgan fingerprint density at radius 3 is 2.71 bits per heavy atom. The third-order valence-corrected chi connectivity index (χ3v) is 6.54. The van der Waals surface area contributed by atoms with Gasteiger partial charge >= 0.3 is 0 Å². The number of halogens is 1. The van der Waals surface area contributed by atoms with Crippen molar-refractivity contribution >= 4 is 34.7 Å². The van der Waals surface area contributed by atoms with Crippen LogP contribution in [0.2, 0.25) is 5.02 Å². The average molecular weight is 492 g/mol. The Morgan fingerprint density at radius 2 is 1.97 bits per heavy atom. The summed E-state index contributed by atoms with van der Waals surface area (Å²) in [6.45, 7) is 4.60. The fourth-order valence-electron chi connectivity index (χ4n) is 4.15. The summed E-state index contributed by atoms with van der Waals surface area (Å²) in [5, 5.41) is 30.6. The number of benzene rings is 1. The second-order valence-electron chi connectivity index (χ2n) is 8.83. The van der Waals surface area contributed by atoms with E-state index in [0.29, 0.717) is 39.5 Å². The van der Waals surface area contributed by atoms with Gasteiger partial charge < -0.3 is 15.4 Å². The van der Waals surface area contributed by atoms with Crippen molar-refractivity contribution < 1.29 is 4.74 Å². The molecule has 5 rings (SSSR count). The molecule has 1 saturated heterocycles. The summed E-state index contributed by atoms with van der Waals surface area (Å²) in [4.78, 5) is 11.3. The summed E-state index contributed by atoms with van der Waals surface area (Å²) in [6.07, 6.45) is 6.42. The number of nitriles is 2. The zero-order valence-corrected chi connectivity index (χ0v) is 20.1. The fraction of sp³-hybridized carbons (Fsp3) is 0.458. The van der Waals surface area contributed by atoms with Crippen LogP contribution in [0.25, 0.3) is 5.65 Å². The lowest BCUT2D eigenvalue weighted by molar-refractivity contribution is 0.0372. The molecule has 0 amide bonds. The first-order valence-corrected chi connectivity index (χ1v) is 12.2. The Morgan fingerprint density at radius 1 is 1.14 bits per heavy atom. The Balaban J connectivity index is 1.32. The smallest absolute Gasteiger partial charge is 0.247 e. The lowest BCUT2D eigenvalue weighted by Crippen LogP contribution is -2.36. The number of rotatable bonds is 9. The van der Waals surface area contributed by atoms with Gasteiger partial charge in [-0.2, -0.15) is 20.0 Å². The Hall–Kier alpha value is -3.44. The van der Waals surface area contributed by atoms with Gasteiger partial charge in [-0.3, -0.25) is 4.90 Å². The number of ether oxygens (including phenoxy) is 1. The van der Waals surface area contributed by atoms with E-state index >= 15 is 0 Å². The van der Waals surface area contributed by atoms with Gasteiger partial charge in [-0.15, -0.1) is 5.10 Å². The number of hydrogen-bond donors (Lipinski definition) is 2. The molecule has 35 heavy (non-hydrogen) atoms. The minimum absolute atomic E-state index is 0.263. The first-order chi connectivity index (χ1) is 17.1. The highest BCUT2D eigenvalue weighted by Crippen LogP contribution is 2.31. The van der Waals surface area contributed by atoms with Crippen LogP contribution < -0.4 is 10.6 Å². The molecule has 1 saturated carbocycles. The highest BCUT2D eigenvalue weighted by atomic mass is 35.5. The van der Waals surface area contributed by atoms with E-state index in [9.17, 15) is 10.5 Å². The molecule has 2 N–H and O–H groups in total. The van der Waals surface area contributed by atoms with E-state index in [1.807, 2.05) is 6.07 Å². The van der Waals surface area contributed by atoms with Gasteiger partial charge in [0.25, 0.3) is 0 Å². The highest BCUT2D eigenvalue weighted by molar-refractivity contribution is 6.33. The van der Waals surface area contributed by atoms with Gasteiger partial charge in [-0.05, 0) is 56.3 Å². The Kier molecular flexibility index (Phi) is 6.96. The van der Waals surface area contributed by atoms with E-state index in [-0.39, 0.29) is 5.95 Å². The second kappa shape index (κ2) is 10.4. The number of anilines is 3. The van der Waals surface area contributed by atoms with Crippen molar-refractivity contribution in [3.8, 4) is 12.1 Å². The van der Waals surface area contributed by atoms with Crippen molar-refractivity contribution in [3.05, 3.63) is 40.2 Å². The van der Waals surface area contributed by atoms with Crippen LogP contribution in [0.4, 0.5) is 17.5 Å². The van der Waals surface area contributed by atoms with Crippen molar-refractivity contribution in [1.29, 1.82) is 10.5 Å². The van der Waals surface area contributed by atoms with Gasteiger partial charge in [0.15, 0.2) is 17.2 Å². The van der Waals surface area contributed by atoms with Crippen molar-refractivity contribution in [3.63, 3.8) is 0 Å². The van der Waals surface area contributed by atoms with Crippen LogP contribution >= 0.6 is 11.6 Å². The molecule has 0 bridgehead atoms. The number of nitrogens with zero attached hydrogens (tertiary/aromatic N) is 7. The largest absolute Gasteiger partial charge is 0.379 e. The van der Waals surface area contributed by atoms with Crippen molar-refractivity contribution in [2.75, 3.05) is 43.5 Å². The third kappa shape index (κ3) is 5.46. The quantitative estimate of drug-likeness (QED) is 0.432. The third-order valence-electron chi connectivity index (χ3n) is 6.23. The molecule has 3 heterocycles. The molecular formula is C24H26ClN9O. The normalized spacial score (nSPS) is 16.1. The van der Waals surface area contributed by atoms with E-state index in [4.69, 9.17) is 16.3 Å². The van der Waals surface area contributed by atoms with E-state index in [1.54, 1.807) is 6.07 Å². The minimum Gasteiger partial charge on any atom is -0.379 e. The minimum atomic E-state index is 0.263. The van der Waals surface area contributed by atoms with E-state index in [0.717, 1.165) is 70.5 Å². The molecule has 2 aromatic heterocycles. The van der Waals surface area contributed by atoms with Crippen molar-refractivity contribution in [1.82, 2.24) is 24.5 Å². The standard InChI is InChI=1S/C24H26ClN9O/c25-20-11-16(3-1-2-6-33-7-9-35-10-8-33)17(13-26)12-21(20)30-24-31-22(29-18-4-5-18)23-28-15-19(14-27)34(23)32-24/h11-12,15,18H,1-10H2,(H2,29,30,31,32). The SMILES string of the molecule is N#Cc1cc(Nc2nc(NC3CC3)c3ncc(C#N)n3n2)c(Cl)cc1CCCCN1CCOCC1. The number of aromatic nitrogens is 4. The summed E-state index contributed by atoms with van der Waals surface area (Å²) in [7, 11) is 0. The van der Waals surface area contributed by atoms with Crippen LogP contribution in [-0.2, 0) is 11.2 Å². The van der Waals surface area contributed by atoms with Gasteiger partial charge in [0, 0.05) is 19.1 Å². The van der Waals surface area contributed by atoms with Crippen LogP contribution in [0.3, 0.4) is 0 Å². The molecule has 1 aliphatic carbocycles. The maximum Gasteiger partial charge on any atom is 0.247 e. The molecule has 180 valence electrons. The van der Waals surface area contributed by atoms with Crippen LogP contribution in [0.5, 0.6) is 0 Å². The predicted molar refractivity (Wildman–Crippen MR) is 132 cm³/mol. The average Bonchev–Trinajstić information content (AvgIpc) is 3.59. The number of nitrogens with one attached hydrogen (secondary N) is 2. The topological polar surface area (TPSA) is 127 Å². The second-order valence-corrected chi connectivity index (χ2v) is 9.24. The van der Waals surface area contributed by atoms with E-state index in [1.165, 1.54) is 10.7 Å². The first-order valence-electron chi connectivity index (χ1n) is 11.9. The van der Waals surface area contributed by atoms with E-state index in [2.05, 4.69) is 42.7 Å². The highest BCUT2D eigenvalue weighted by Gasteiger charge is 2.24. The van der Waals surface area contributed by atoms with Crippen LogP contribution in [0.1, 0.15) is 42.5 Å². The van der Waals surface area contributed by atoms with Gasteiger partial charge in [-0.25, -0.2) is 4.98 Å². The van der Waals surface area contributed by atoms with Crippen molar-refractivity contribution in [2.24, 2.45) is 0 Å². The number of morpholine rings is 1. The van der Waals surface area contributed by atoms with Crippen LogP contribution in [-0.4, -0.2) is 63.4 Å².